The Morgan fingerprint density at radius 3 is 2.60 bits per heavy atom. The van der Waals surface area contributed by atoms with Gasteiger partial charge in [0.2, 0.25) is 5.91 Å². The molecule has 112 valence electrons. The van der Waals surface area contributed by atoms with Gasteiger partial charge >= 0.3 is 0 Å². The molecule has 0 bridgehead atoms. The molecule has 0 radical (unpaired) electrons. The minimum atomic E-state index is 0.0332. The third-order valence-electron chi connectivity index (χ3n) is 3.10. The third kappa shape index (κ3) is 5.59. The molecule has 1 amide bonds. The van der Waals surface area contributed by atoms with Gasteiger partial charge in [0.25, 0.3) is 0 Å². The number of likely N-dealkylation sites (N-methyl/N-ethyl adjacent to an activating group) is 1. The molecule has 1 rings (SSSR count). The number of carbonyl (C=O) groups is 1. The number of nitrogens with two attached hydrogens (primary N) is 1. The van der Waals surface area contributed by atoms with E-state index in [1.54, 1.807) is 7.11 Å². The van der Waals surface area contributed by atoms with Crippen LogP contribution < -0.4 is 16.0 Å². The van der Waals surface area contributed by atoms with E-state index in [0.717, 1.165) is 24.2 Å². The fourth-order valence-corrected chi connectivity index (χ4v) is 1.90. The maximum atomic E-state index is 11.9. The highest BCUT2D eigenvalue weighted by molar-refractivity contribution is 5.81. The van der Waals surface area contributed by atoms with Crippen LogP contribution in [-0.2, 0) is 16.1 Å². The minimum Gasteiger partial charge on any atom is -0.385 e. The largest absolute Gasteiger partial charge is 0.385 e. The Morgan fingerprint density at radius 1 is 1.35 bits per heavy atom. The monoisotopic (exact) mass is 279 g/mol. The first-order chi connectivity index (χ1) is 9.71. The third-order valence-corrected chi connectivity index (χ3v) is 3.10. The highest BCUT2D eigenvalue weighted by Gasteiger charge is 2.09. The van der Waals surface area contributed by atoms with E-state index in [4.69, 9.17) is 10.5 Å². The number of anilines is 1. The van der Waals surface area contributed by atoms with Gasteiger partial charge in [0.15, 0.2) is 0 Å². The molecular weight excluding hydrogens is 254 g/mol. The molecule has 5 heteroatoms. The Balaban J connectivity index is 2.46. The summed E-state index contributed by atoms with van der Waals surface area (Å²) in [5.41, 5.74) is 7.71. The fraction of sp³-hybridized carbons (Fsp3) is 0.533. The van der Waals surface area contributed by atoms with E-state index in [9.17, 15) is 4.79 Å². The van der Waals surface area contributed by atoms with Crippen LogP contribution in [0.1, 0.15) is 18.9 Å². The van der Waals surface area contributed by atoms with Gasteiger partial charge in [-0.25, -0.2) is 0 Å². The number of nitrogens with zero attached hydrogens (tertiary/aromatic N) is 1. The Labute approximate surface area is 121 Å². The number of hydrogen-bond donors (Lipinski definition) is 2. The van der Waals surface area contributed by atoms with Gasteiger partial charge in [0.05, 0.1) is 6.54 Å². The Hall–Kier alpha value is -1.59. The number of hydrogen-bond acceptors (Lipinski definition) is 4. The molecule has 0 aliphatic rings. The molecule has 3 N–H and O–H groups in total. The summed E-state index contributed by atoms with van der Waals surface area (Å²) in [6.45, 7) is 5.04. The maximum Gasteiger partial charge on any atom is 0.239 e. The number of nitrogens with one attached hydrogen (secondary N) is 1. The van der Waals surface area contributed by atoms with Crippen molar-refractivity contribution in [3.05, 3.63) is 29.8 Å². The Kier molecular flexibility index (Phi) is 7.69. The summed E-state index contributed by atoms with van der Waals surface area (Å²) in [5, 5.41) is 2.89. The van der Waals surface area contributed by atoms with Gasteiger partial charge in [-0.15, -0.1) is 0 Å². The molecule has 1 aromatic carbocycles. The fourth-order valence-electron chi connectivity index (χ4n) is 1.90. The first-order valence-electron chi connectivity index (χ1n) is 7.00. The number of rotatable bonds is 9. The number of methoxy groups -OCH3 is 1. The van der Waals surface area contributed by atoms with Crippen LogP contribution in [0.3, 0.4) is 0 Å². The lowest BCUT2D eigenvalue weighted by atomic mass is 10.2. The van der Waals surface area contributed by atoms with Gasteiger partial charge < -0.3 is 20.7 Å². The van der Waals surface area contributed by atoms with Crippen LogP contribution in [-0.4, -0.2) is 39.3 Å². The summed E-state index contributed by atoms with van der Waals surface area (Å²) in [6, 6.07) is 8.00. The smallest absolute Gasteiger partial charge is 0.239 e. The average molecular weight is 279 g/mol. The van der Waals surface area contributed by atoms with E-state index in [0.29, 0.717) is 26.2 Å². The van der Waals surface area contributed by atoms with Gasteiger partial charge in [-0.2, -0.15) is 0 Å². The zero-order chi connectivity index (χ0) is 14.8. The van der Waals surface area contributed by atoms with Gasteiger partial charge in [0.1, 0.15) is 0 Å². The van der Waals surface area contributed by atoms with Crippen molar-refractivity contribution >= 4 is 11.6 Å². The standard InChI is InChI=1S/C15H25N3O2/c1-3-18(12-15(19)17-9-4-10-20-2)14-7-5-13(11-16)6-8-14/h5-8H,3-4,9-12,16H2,1-2H3,(H,17,19). The van der Waals surface area contributed by atoms with E-state index in [1.165, 1.54) is 0 Å². The summed E-state index contributed by atoms with van der Waals surface area (Å²) in [6.07, 6.45) is 0.833. The van der Waals surface area contributed by atoms with Crippen molar-refractivity contribution in [1.82, 2.24) is 5.32 Å². The molecular formula is C15H25N3O2. The SMILES string of the molecule is CCN(CC(=O)NCCCOC)c1ccc(CN)cc1. The van der Waals surface area contributed by atoms with Crippen LogP contribution in [0, 0.1) is 0 Å². The second-order valence-corrected chi connectivity index (χ2v) is 4.58. The second-order valence-electron chi connectivity index (χ2n) is 4.58. The van der Waals surface area contributed by atoms with E-state index >= 15 is 0 Å². The van der Waals surface area contributed by atoms with Crippen LogP contribution >= 0.6 is 0 Å². The van der Waals surface area contributed by atoms with E-state index in [1.807, 2.05) is 36.1 Å². The predicted octanol–water partition coefficient (Wildman–Crippen LogP) is 1.12. The summed E-state index contributed by atoms with van der Waals surface area (Å²) in [5.74, 6) is 0.0332. The normalized spacial score (nSPS) is 10.3. The van der Waals surface area contributed by atoms with Gasteiger partial charge in [0, 0.05) is 39.0 Å². The average Bonchev–Trinajstić information content (AvgIpc) is 2.49. The lowest BCUT2D eigenvalue weighted by Crippen LogP contribution is -2.37. The molecule has 0 heterocycles. The molecule has 0 aliphatic heterocycles. The predicted molar refractivity (Wildman–Crippen MR) is 81.7 cm³/mol. The number of amides is 1. The molecule has 0 atom stereocenters. The minimum absolute atomic E-state index is 0.0332. The molecule has 0 fully saturated rings. The quantitative estimate of drug-likeness (QED) is 0.665. The highest BCUT2D eigenvalue weighted by Crippen LogP contribution is 2.14. The van der Waals surface area contributed by atoms with Crippen molar-refractivity contribution in [2.75, 3.05) is 38.3 Å². The molecule has 20 heavy (non-hydrogen) atoms. The Bertz CT molecular complexity index is 393. The van der Waals surface area contributed by atoms with Gasteiger partial charge in [-0.3, -0.25) is 4.79 Å². The Morgan fingerprint density at radius 2 is 2.05 bits per heavy atom. The molecule has 1 aromatic rings. The van der Waals surface area contributed by atoms with Crippen molar-refractivity contribution in [1.29, 1.82) is 0 Å². The van der Waals surface area contributed by atoms with Gasteiger partial charge in [-0.05, 0) is 31.0 Å². The van der Waals surface area contributed by atoms with E-state index in [-0.39, 0.29) is 5.91 Å². The topological polar surface area (TPSA) is 67.6 Å². The van der Waals surface area contributed by atoms with E-state index < -0.39 is 0 Å². The van der Waals surface area contributed by atoms with Crippen molar-refractivity contribution in [3.8, 4) is 0 Å². The molecule has 0 unspecified atom stereocenters. The number of carbonyl (C=O) groups excluding carboxylic acids is 1. The molecule has 0 saturated heterocycles. The van der Waals surface area contributed by atoms with Crippen LogP contribution in [0.15, 0.2) is 24.3 Å². The lowest BCUT2D eigenvalue weighted by molar-refractivity contribution is -0.119. The summed E-state index contributed by atoms with van der Waals surface area (Å²) in [7, 11) is 1.66. The van der Waals surface area contributed by atoms with Crippen molar-refractivity contribution < 1.29 is 9.53 Å². The molecule has 0 saturated carbocycles. The van der Waals surface area contributed by atoms with Crippen molar-refractivity contribution in [2.24, 2.45) is 5.73 Å². The maximum absolute atomic E-state index is 11.9. The van der Waals surface area contributed by atoms with Crippen LogP contribution in [0.2, 0.25) is 0 Å². The van der Waals surface area contributed by atoms with Crippen molar-refractivity contribution in [3.63, 3.8) is 0 Å². The first-order valence-corrected chi connectivity index (χ1v) is 7.00. The summed E-state index contributed by atoms with van der Waals surface area (Å²) in [4.78, 5) is 13.9. The zero-order valence-corrected chi connectivity index (χ0v) is 12.4. The van der Waals surface area contributed by atoms with Crippen LogP contribution in [0.25, 0.3) is 0 Å². The number of ether oxygens (including phenoxy) is 1. The van der Waals surface area contributed by atoms with Gasteiger partial charge in [-0.1, -0.05) is 12.1 Å². The molecule has 0 spiro atoms. The summed E-state index contributed by atoms with van der Waals surface area (Å²) >= 11 is 0. The van der Waals surface area contributed by atoms with Crippen LogP contribution in [0.4, 0.5) is 5.69 Å². The van der Waals surface area contributed by atoms with E-state index in [2.05, 4.69) is 5.32 Å². The second kappa shape index (κ2) is 9.34. The first kappa shape index (κ1) is 16.5. The zero-order valence-electron chi connectivity index (χ0n) is 12.4. The molecule has 0 aliphatic carbocycles. The highest BCUT2D eigenvalue weighted by atomic mass is 16.5. The summed E-state index contributed by atoms with van der Waals surface area (Å²) < 4.78 is 4.95. The molecule has 5 nitrogen and oxygen atoms in total. The lowest BCUT2D eigenvalue weighted by Gasteiger charge is -2.22. The van der Waals surface area contributed by atoms with Crippen LogP contribution in [0.5, 0.6) is 0 Å². The molecule has 0 aromatic heterocycles. The van der Waals surface area contributed by atoms with Crippen molar-refractivity contribution in [2.45, 2.75) is 19.9 Å². The number of benzene rings is 1.